The molecule has 156 valence electrons. The number of carboxylic acids is 1. The number of carboxylic acid groups (broad SMARTS) is 1. The Bertz CT molecular complexity index is 1220. The van der Waals surface area contributed by atoms with Crippen molar-refractivity contribution in [1.29, 1.82) is 0 Å². The first-order valence-electron chi connectivity index (χ1n) is 9.07. The number of carbonyl (C=O) groups is 2. The molecule has 2 aromatic carbocycles. The molecular weight excluding hydrogens is 452 g/mol. The lowest BCUT2D eigenvalue weighted by atomic mass is 10.2. The number of furan rings is 1. The molecule has 0 unspecified atom stereocenters. The summed E-state index contributed by atoms with van der Waals surface area (Å²) in [6, 6.07) is 18.0. The topological polar surface area (TPSA) is 82.8 Å². The third kappa shape index (κ3) is 4.53. The molecule has 0 spiro atoms. The summed E-state index contributed by atoms with van der Waals surface area (Å²) in [5.41, 5.74) is 4.09. The molecule has 0 atom stereocenters. The standard InChI is InChI=1S/C22H16N2O4S3/c1-30-15-6-4-5-13(11-15)18-10-9-14(28-18)12-19-20(25)24(22(29)31-19)23-17-8-3-2-7-16(17)21(26)27/h2-12,23H,1H3,(H,26,27)/b19-12+. The smallest absolute Gasteiger partial charge is 0.337 e. The van der Waals surface area contributed by atoms with Crippen LogP contribution in [0.25, 0.3) is 17.4 Å². The molecule has 1 aliphatic heterocycles. The van der Waals surface area contributed by atoms with Gasteiger partial charge in [-0.2, -0.15) is 0 Å². The van der Waals surface area contributed by atoms with Crippen molar-refractivity contribution in [3.63, 3.8) is 0 Å². The fourth-order valence-corrected chi connectivity index (χ4v) is 4.56. The summed E-state index contributed by atoms with van der Waals surface area (Å²) in [4.78, 5) is 25.8. The fourth-order valence-electron chi connectivity index (χ4n) is 2.94. The molecule has 0 radical (unpaired) electrons. The van der Waals surface area contributed by atoms with Crippen molar-refractivity contribution in [3.8, 4) is 11.3 Å². The first kappa shape index (κ1) is 21.2. The monoisotopic (exact) mass is 468 g/mol. The number of nitrogens with one attached hydrogen (secondary N) is 1. The predicted molar refractivity (Wildman–Crippen MR) is 128 cm³/mol. The van der Waals surface area contributed by atoms with E-state index in [1.54, 1.807) is 42.1 Å². The van der Waals surface area contributed by atoms with E-state index in [1.807, 2.05) is 36.6 Å². The van der Waals surface area contributed by atoms with Gasteiger partial charge in [-0.05, 0) is 54.9 Å². The normalized spacial score (nSPS) is 15.0. The number of anilines is 1. The maximum absolute atomic E-state index is 12.9. The molecule has 0 bridgehead atoms. The van der Waals surface area contributed by atoms with Crippen LogP contribution in [0.2, 0.25) is 0 Å². The molecule has 1 aromatic heterocycles. The van der Waals surface area contributed by atoms with Crippen LogP contribution in [-0.2, 0) is 4.79 Å². The quantitative estimate of drug-likeness (QED) is 0.275. The summed E-state index contributed by atoms with van der Waals surface area (Å²) < 4.78 is 6.18. The van der Waals surface area contributed by atoms with Gasteiger partial charge in [0.1, 0.15) is 11.5 Å². The Kier molecular flexibility index (Phi) is 6.17. The Morgan fingerprint density at radius 1 is 1.19 bits per heavy atom. The number of amides is 1. The molecule has 3 aromatic rings. The van der Waals surface area contributed by atoms with Crippen LogP contribution in [0.5, 0.6) is 0 Å². The number of aromatic carboxylic acids is 1. The number of carbonyl (C=O) groups excluding carboxylic acids is 1. The van der Waals surface area contributed by atoms with E-state index in [0.29, 0.717) is 16.4 Å². The molecule has 9 heteroatoms. The van der Waals surface area contributed by atoms with Crippen LogP contribution in [0.4, 0.5) is 5.69 Å². The van der Waals surface area contributed by atoms with Crippen LogP contribution in [0.1, 0.15) is 16.1 Å². The van der Waals surface area contributed by atoms with Gasteiger partial charge in [0, 0.05) is 16.5 Å². The van der Waals surface area contributed by atoms with E-state index in [0.717, 1.165) is 22.2 Å². The summed E-state index contributed by atoms with van der Waals surface area (Å²) in [6.45, 7) is 0. The van der Waals surface area contributed by atoms with Crippen molar-refractivity contribution in [2.75, 3.05) is 11.7 Å². The van der Waals surface area contributed by atoms with Gasteiger partial charge in [0.15, 0.2) is 4.32 Å². The lowest BCUT2D eigenvalue weighted by Crippen LogP contribution is -2.34. The van der Waals surface area contributed by atoms with Crippen LogP contribution in [0.15, 0.2) is 74.9 Å². The SMILES string of the molecule is CSc1cccc(-c2ccc(/C=C3/SC(=S)N(Nc4ccccc4C(=O)O)C3=O)o2)c1. The van der Waals surface area contributed by atoms with Crippen LogP contribution in [-0.4, -0.2) is 32.6 Å². The van der Waals surface area contributed by atoms with Gasteiger partial charge in [-0.3, -0.25) is 10.2 Å². The van der Waals surface area contributed by atoms with Crippen LogP contribution in [0, 0.1) is 0 Å². The van der Waals surface area contributed by atoms with Crippen molar-refractivity contribution in [2.24, 2.45) is 0 Å². The number of benzene rings is 2. The number of nitrogens with zero attached hydrogens (tertiary/aromatic N) is 1. The Balaban J connectivity index is 1.55. The first-order chi connectivity index (χ1) is 15.0. The molecule has 2 N–H and O–H groups in total. The van der Waals surface area contributed by atoms with E-state index in [1.165, 1.54) is 11.1 Å². The van der Waals surface area contributed by atoms with E-state index in [-0.39, 0.29) is 21.5 Å². The minimum atomic E-state index is -1.10. The third-order valence-corrected chi connectivity index (χ3v) is 6.47. The van der Waals surface area contributed by atoms with Crippen molar-refractivity contribution in [2.45, 2.75) is 4.90 Å². The van der Waals surface area contributed by atoms with Gasteiger partial charge in [-0.25, -0.2) is 9.80 Å². The Morgan fingerprint density at radius 3 is 2.77 bits per heavy atom. The summed E-state index contributed by atoms with van der Waals surface area (Å²) in [7, 11) is 0. The zero-order chi connectivity index (χ0) is 22.0. The maximum atomic E-state index is 12.9. The number of para-hydroxylation sites is 1. The van der Waals surface area contributed by atoms with Crippen LogP contribution < -0.4 is 5.43 Å². The summed E-state index contributed by atoms with van der Waals surface area (Å²) in [5.74, 6) is -0.252. The molecule has 0 aliphatic carbocycles. The van der Waals surface area contributed by atoms with Crippen LogP contribution in [0.3, 0.4) is 0 Å². The zero-order valence-electron chi connectivity index (χ0n) is 16.2. The van der Waals surface area contributed by atoms with Gasteiger partial charge >= 0.3 is 5.97 Å². The lowest BCUT2D eigenvalue weighted by molar-refractivity contribution is -0.121. The van der Waals surface area contributed by atoms with Crippen molar-refractivity contribution < 1.29 is 19.1 Å². The van der Waals surface area contributed by atoms with Gasteiger partial charge in [-0.15, -0.1) is 11.8 Å². The number of hydrogen-bond acceptors (Lipinski definition) is 7. The third-order valence-electron chi connectivity index (χ3n) is 4.44. The molecule has 6 nitrogen and oxygen atoms in total. The largest absolute Gasteiger partial charge is 0.478 e. The molecule has 31 heavy (non-hydrogen) atoms. The average Bonchev–Trinajstić information content (AvgIpc) is 3.34. The van der Waals surface area contributed by atoms with E-state index >= 15 is 0 Å². The number of hydrazine groups is 1. The average molecular weight is 469 g/mol. The molecule has 1 aliphatic rings. The van der Waals surface area contributed by atoms with Crippen LogP contribution >= 0.6 is 35.7 Å². The highest BCUT2D eigenvalue weighted by Crippen LogP contribution is 2.34. The van der Waals surface area contributed by atoms with Gasteiger partial charge in [0.2, 0.25) is 0 Å². The van der Waals surface area contributed by atoms with E-state index < -0.39 is 5.97 Å². The summed E-state index contributed by atoms with van der Waals surface area (Å²) >= 11 is 8.08. The molecule has 2 heterocycles. The Morgan fingerprint density at radius 2 is 2.00 bits per heavy atom. The molecule has 1 saturated heterocycles. The van der Waals surface area contributed by atoms with Gasteiger partial charge < -0.3 is 9.52 Å². The van der Waals surface area contributed by atoms with E-state index in [4.69, 9.17) is 16.6 Å². The van der Waals surface area contributed by atoms with E-state index in [2.05, 4.69) is 5.43 Å². The van der Waals surface area contributed by atoms with Gasteiger partial charge in [-0.1, -0.05) is 36.0 Å². The second-order valence-corrected chi connectivity index (χ2v) is 8.97. The minimum absolute atomic E-state index is 0.0451. The minimum Gasteiger partial charge on any atom is -0.478 e. The van der Waals surface area contributed by atoms with Gasteiger partial charge in [0.05, 0.1) is 16.2 Å². The molecular formula is C22H16N2O4S3. The highest BCUT2D eigenvalue weighted by atomic mass is 32.2. The molecule has 0 saturated carbocycles. The van der Waals surface area contributed by atoms with E-state index in [9.17, 15) is 14.7 Å². The second-order valence-electron chi connectivity index (χ2n) is 6.41. The zero-order valence-corrected chi connectivity index (χ0v) is 18.6. The lowest BCUT2D eigenvalue weighted by Gasteiger charge is -2.18. The van der Waals surface area contributed by atoms with Crippen molar-refractivity contribution in [3.05, 3.63) is 76.9 Å². The maximum Gasteiger partial charge on any atom is 0.337 e. The van der Waals surface area contributed by atoms with Gasteiger partial charge in [0.25, 0.3) is 5.91 Å². The molecule has 1 fully saturated rings. The number of thioether (sulfide) groups is 2. The highest BCUT2D eigenvalue weighted by molar-refractivity contribution is 8.26. The van der Waals surface area contributed by atoms with Crippen molar-refractivity contribution in [1.82, 2.24) is 5.01 Å². The Hall–Kier alpha value is -3.01. The molecule has 4 rings (SSSR count). The highest BCUT2D eigenvalue weighted by Gasteiger charge is 2.33. The second kappa shape index (κ2) is 9.01. The predicted octanol–water partition coefficient (Wildman–Crippen LogP) is 5.60. The number of rotatable bonds is 6. The molecule has 1 amide bonds. The first-order valence-corrected chi connectivity index (χ1v) is 11.5. The van der Waals surface area contributed by atoms with Crippen molar-refractivity contribution >= 4 is 63.7 Å². The number of thiocarbonyl (C=S) groups is 1. The number of hydrogen-bond donors (Lipinski definition) is 2. The fraction of sp³-hybridized carbons (Fsp3) is 0.0455. The summed E-state index contributed by atoms with van der Waals surface area (Å²) in [6.07, 6.45) is 3.64. The Labute approximate surface area is 192 Å². The summed E-state index contributed by atoms with van der Waals surface area (Å²) in [5, 5.41) is 10.5.